The average molecular weight is 318 g/mol. The average Bonchev–Trinajstić information content (AvgIpc) is 2.30. The van der Waals surface area contributed by atoms with Crippen LogP contribution in [0, 0.1) is 11.7 Å². The van der Waals surface area contributed by atoms with Gasteiger partial charge in [0.25, 0.3) is 0 Å². The van der Waals surface area contributed by atoms with E-state index in [1.165, 1.54) is 12.1 Å². The first kappa shape index (κ1) is 15.4. The molecule has 0 aliphatic carbocycles. The lowest BCUT2D eigenvalue weighted by molar-refractivity contribution is 0.148. The Morgan fingerprint density at radius 2 is 2.11 bits per heavy atom. The predicted octanol–water partition coefficient (Wildman–Crippen LogP) is 3.99. The largest absolute Gasteiger partial charge is 0.488 e. The molecule has 0 bridgehead atoms. The summed E-state index contributed by atoms with van der Waals surface area (Å²) >= 11 is 3.32. The summed E-state index contributed by atoms with van der Waals surface area (Å²) in [5.74, 6) is 0.819. The SMILES string of the molecule is CCCNCC(Oc1ccc(F)cc1Br)C(C)C. The molecule has 0 amide bonds. The van der Waals surface area contributed by atoms with Crippen LogP contribution in [0.25, 0.3) is 0 Å². The lowest BCUT2D eigenvalue weighted by Crippen LogP contribution is -2.35. The first-order chi connectivity index (χ1) is 8.54. The molecule has 1 unspecified atom stereocenters. The fraction of sp³-hybridized carbons (Fsp3) is 0.571. The number of halogens is 2. The Kier molecular flexibility index (Phi) is 6.65. The molecule has 0 radical (unpaired) electrons. The van der Waals surface area contributed by atoms with Gasteiger partial charge in [-0.2, -0.15) is 0 Å². The molecular weight excluding hydrogens is 297 g/mol. The van der Waals surface area contributed by atoms with Crippen LogP contribution in [0.4, 0.5) is 4.39 Å². The van der Waals surface area contributed by atoms with E-state index in [2.05, 4.69) is 42.0 Å². The third-order valence-electron chi connectivity index (χ3n) is 2.69. The highest BCUT2D eigenvalue weighted by Crippen LogP contribution is 2.27. The van der Waals surface area contributed by atoms with E-state index in [9.17, 15) is 4.39 Å². The molecule has 0 saturated heterocycles. The van der Waals surface area contributed by atoms with E-state index in [1.54, 1.807) is 6.07 Å². The van der Waals surface area contributed by atoms with Gasteiger partial charge in [0, 0.05) is 6.54 Å². The Balaban J connectivity index is 2.64. The van der Waals surface area contributed by atoms with Gasteiger partial charge in [0.2, 0.25) is 0 Å². The predicted molar refractivity (Wildman–Crippen MR) is 76.5 cm³/mol. The quantitative estimate of drug-likeness (QED) is 0.768. The lowest BCUT2D eigenvalue weighted by Gasteiger charge is -2.23. The summed E-state index contributed by atoms with van der Waals surface area (Å²) in [4.78, 5) is 0. The molecule has 4 heteroatoms. The fourth-order valence-corrected chi connectivity index (χ4v) is 2.01. The van der Waals surface area contributed by atoms with Gasteiger partial charge in [-0.1, -0.05) is 20.8 Å². The second-order valence-corrected chi connectivity index (χ2v) is 5.53. The first-order valence-electron chi connectivity index (χ1n) is 6.37. The number of ether oxygens (including phenoxy) is 1. The Bertz CT molecular complexity index is 371. The number of hydrogen-bond acceptors (Lipinski definition) is 2. The van der Waals surface area contributed by atoms with Crippen molar-refractivity contribution in [2.24, 2.45) is 5.92 Å². The van der Waals surface area contributed by atoms with Crippen LogP contribution in [0.3, 0.4) is 0 Å². The van der Waals surface area contributed by atoms with Crippen LogP contribution in [0.15, 0.2) is 22.7 Å². The molecule has 1 atom stereocenters. The molecule has 1 aromatic rings. The molecule has 0 spiro atoms. The molecule has 0 aliphatic rings. The molecule has 2 nitrogen and oxygen atoms in total. The van der Waals surface area contributed by atoms with Crippen molar-refractivity contribution in [1.82, 2.24) is 5.32 Å². The summed E-state index contributed by atoms with van der Waals surface area (Å²) in [5, 5.41) is 3.35. The maximum absolute atomic E-state index is 13.0. The van der Waals surface area contributed by atoms with Gasteiger partial charge in [0.15, 0.2) is 0 Å². The fourth-order valence-electron chi connectivity index (χ4n) is 1.57. The second-order valence-electron chi connectivity index (χ2n) is 4.68. The third kappa shape index (κ3) is 4.94. The van der Waals surface area contributed by atoms with E-state index >= 15 is 0 Å². The molecule has 0 saturated carbocycles. The molecular formula is C14H21BrFNO. The summed E-state index contributed by atoms with van der Waals surface area (Å²) in [6.45, 7) is 8.16. The van der Waals surface area contributed by atoms with Gasteiger partial charge in [-0.05, 0) is 53.0 Å². The minimum atomic E-state index is -0.264. The van der Waals surface area contributed by atoms with Crippen molar-refractivity contribution in [3.8, 4) is 5.75 Å². The van der Waals surface area contributed by atoms with Crippen molar-refractivity contribution in [3.63, 3.8) is 0 Å². The maximum atomic E-state index is 13.0. The van der Waals surface area contributed by atoms with Crippen LogP contribution < -0.4 is 10.1 Å². The first-order valence-corrected chi connectivity index (χ1v) is 7.16. The third-order valence-corrected chi connectivity index (χ3v) is 3.31. The van der Waals surface area contributed by atoms with Gasteiger partial charge in [-0.25, -0.2) is 4.39 Å². The molecule has 0 aromatic heterocycles. The zero-order valence-corrected chi connectivity index (χ0v) is 12.8. The molecule has 18 heavy (non-hydrogen) atoms. The highest BCUT2D eigenvalue weighted by Gasteiger charge is 2.16. The van der Waals surface area contributed by atoms with Crippen molar-refractivity contribution in [3.05, 3.63) is 28.5 Å². The Hall–Kier alpha value is -0.610. The summed E-state index contributed by atoms with van der Waals surface area (Å²) < 4.78 is 19.6. The standard InChI is InChI=1S/C14H21BrFNO/c1-4-7-17-9-14(10(2)3)18-13-6-5-11(16)8-12(13)15/h5-6,8,10,14,17H,4,7,9H2,1-3H3. The molecule has 0 heterocycles. The van der Waals surface area contributed by atoms with Crippen LogP contribution in [-0.4, -0.2) is 19.2 Å². The maximum Gasteiger partial charge on any atom is 0.134 e. The van der Waals surface area contributed by atoms with Gasteiger partial charge in [-0.15, -0.1) is 0 Å². The molecule has 1 N–H and O–H groups in total. The van der Waals surface area contributed by atoms with E-state index in [-0.39, 0.29) is 11.9 Å². The van der Waals surface area contributed by atoms with Gasteiger partial charge >= 0.3 is 0 Å². The summed E-state index contributed by atoms with van der Waals surface area (Å²) in [6.07, 6.45) is 1.18. The van der Waals surface area contributed by atoms with E-state index in [4.69, 9.17) is 4.74 Å². The van der Waals surface area contributed by atoms with Crippen LogP contribution in [0.2, 0.25) is 0 Å². The van der Waals surface area contributed by atoms with Gasteiger partial charge in [0.1, 0.15) is 17.7 Å². The van der Waals surface area contributed by atoms with E-state index in [0.29, 0.717) is 16.1 Å². The Labute approximate surface area is 117 Å². The van der Waals surface area contributed by atoms with Crippen LogP contribution in [0.5, 0.6) is 5.75 Å². The molecule has 0 aliphatic heterocycles. The van der Waals surface area contributed by atoms with Crippen molar-refractivity contribution in [1.29, 1.82) is 0 Å². The number of benzene rings is 1. The second kappa shape index (κ2) is 7.74. The smallest absolute Gasteiger partial charge is 0.134 e. The zero-order valence-electron chi connectivity index (χ0n) is 11.2. The van der Waals surface area contributed by atoms with Crippen molar-refractivity contribution in [2.75, 3.05) is 13.1 Å². The lowest BCUT2D eigenvalue weighted by atomic mass is 10.1. The summed E-state index contributed by atoms with van der Waals surface area (Å²) in [5.41, 5.74) is 0. The Morgan fingerprint density at radius 1 is 1.39 bits per heavy atom. The normalized spacial score (nSPS) is 12.8. The molecule has 1 aromatic carbocycles. The van der Waals surface area contributed by atoms with Gasteiger partial charge in [-0.3, -0.25) is 0 Å². The summed E-state index contributed by atoms with van der Waals surface area (Å²) in [6, 6.07) is 4.50. The van der Waals surface area contributed by atoms with Crippen molar-refractivity contribution >= 4 is 15.9 Å². The van der Waals surface area contributed by atoms with Gasteiger partial charge in [0.05, 0.1) is 4.47 Å². The van der Waals surface area contributed by atoms with Crippen molar-refractivity contribution < 1.29 is 9.13 Å². The van der Waals surface area contributed by atoms with Crippen molar-refractivity contribution in [2.45, 2.75) is 33.3 Å². The van der Waals surface area contributed by atoms with Crippen LogP contribution >= 0.6 is 15.9 Å². The Morgan fingerprint density at radius 3 is 2.67 bits per heavy atom. The minimum Gasteiger partial charge on any atom is -0.488 e. The number of nitrogens with one attached hydrogen (secondary N) is 1. The molecule has 0 fully saturated rings. The summed E-state index contributed by atoms with van der Waals surface area (Å²) in [7, 11) is 0. The highest BCUT2D eigenvalue weighted by atomic mass is 79.9. The van der Waals surface area contributed by atoms with E-state index in [0.717, 1.165) is 19.5 Å². The monoisotopic (exact) mass is 317 g/mol. The van der Waals surface area contributed by atoms with Gasteiger partial charge < -0.3 is 10.1 Å². The highest BCUT2D eigenvalue weighted by molar-refractivity contribution is 9.10. The molecule has 1 rings (SSSR count). The van der Waals surface area contributed by atoms with Crippen LogP contribution in [0.1, 0.15) is 27.2 Å². The zero-order chi connectivity index (χ0) is 13.5. The number of rotatable bonds is 7. The number of hydrogen-bond donors (Lipinski definition) is 1. The van der Waals surface area contributed by atoms with E-state index in [1.807, 2.05) is 0 Å². The van der Waals surface area contributed by atoms with E-state index < -0.39 is 0 Å². The molecule has 102 valence electrons. The minimum absolute atomic E-state index is 0.0818. The topological polar surface area (TPSA) is 21.3 Å². The van der Waals surface area contributed by atoms with Crippen LogP contribution in [-0.2, 0) is 0 Å².